The number of unbranched alkanes of at least 4 members (excludes halogenated alkanes) is 30. The van der Waals surface area contributed by atoms with Crippen LogP contribution in [-0.2, 0) is 76.0 Å². The summed E-state index contributed by atoms with van der Waals surface area (Å²) < 4.78 is 73.0. The molecule has 0 aromatic carbocycles. The summed E-state index contributed by atoms with van der Waals surface area (Å²) in [6, 6.07) is -4.95. The molecule has 6 aliphatic rings. The molecule has 0 aromatic rings. The molecule has 38 nitrogen and oxygen atoms in total. The largest absolute Gasteiger partial charge is 0.477 e. The van der Waals surface area contributed by atoms with E-state index >= 15 is 0 Å². The van der Waals surface area contributed by atoms with E-state index in [0.29, 0.717) is 12.8 Å². The Morgan fingerprint density at radius 3 is 1.37 bits per heavy atom. The normalized spacial score (nSPS) is 35.1. The van der Waals surface area contributed by atoms with E-state index in [1.54, 1.807) is 6.08 Å². The summed E-state index contributed by atoms with van der Waals surface area (Å²) in [7, 11) is 0. The fraction of sp³-hybridized carbons (Fsp3) is 0.908. The molecule has 6 fully saturated rings. The molecule has 0 radical (unpaired) electrons. The summed E-state index contributed by atoms with van der Waals surface area (Å²) in [5.41, 5.74) is 0. The summed E-state index contributed by atoms with van der Waals surface area (Å²) in [5.74, 6) is -7.55. The monoisotopic (exact) mass is 1800 g/mol. The van der Waals surface area contributed by atoms with E-state index in [1.165, 1.54) is 142 Å². The van der Waals surface area contributed by atoms with E-state index in [9.17, 15) is 116 Å². The first kappa shape index (κ1) is 110. The number of hydrogen-bond acceptors (Lipinski definition) is 34. The van der Waals surface area contributed by atoms with Gasteiger partial charge in [0, 0.05) is 26.7 Å². The zero-order valence-corrected chi connectivity index (χ0v) is 73.8. The number of ether oxygens (including phenoxy) is 12. The molecular formula is C87H155N3O35. The summed E-state index contributed by atoms with van der Waals surface area (Å²) in [5, 5.41) is 221. The fourth-order valence-electron chi connectivity index (χ4n) is 16.7. The number of carbonyl (C=O) groups is 4. The van der Waals surface area contributed by atoms with Gasteiger partial charge in [-0.15, -0.1) is 0 Å². The van der Waals surface area contributed by atoms with Crippen LogP contribution in [0.15, 0.2) is 24.3 Å². The summed E-state index contributed by atoms with van der Waals surface area (Å²) in [6.45, 7) is 1.39. The molecule has 3 amide bonds. The van der Waals surface area contributed by atoms with Gasteiger partial charge in [-0.2, -0.15) is 0 Å². The molecule has 0 saturated carbocycles. The van der Waals surface area contributed by atoms with Crippen molar-refractivity contribution in [2.75, 3.05) is 39.6 Å². The molecule has 38 heteroatoms. The van der Waals surface area contributed by atoms with Crippen molar-refractivity contribution in [3.05, 3.63) is 24.3 Å². The standard InChI is InChI=1S/C87H155N3O35/c1-6-8-10-12-14-16-18-20-21-22-23-24-25-26-27-28-29-31-33-35-37-39-41-43-62(100)90-54(55(97)42-40-38-36-34-32-30-19-17-15-13-11-9-7-2)49-114-82-74(110)71(107)76(60(48-94)119-82)121-85-75(111)80(68(104)59(47-93)118-85)124-81-64(89-53(5)96)79(123-84-73(109)70(106)67(103)58(46-92)117-84)77(122-83-72(108)69(105)65(101)51(3)116-83)61(120-81)50-115-87(86(112)113)44-56(98)63(88-52(4)95)78(125-87)66(102)57(99)45-91/h20-21,40,42,51,54-61,63-85,91-94,97-99,101-111H,6-19,22-39,41,43-50H2,1-5H3,(H,88,95)(H,89,96)(H,90,100)(H,112,113)/b21-20-,42-40+/t51?,54-,55+,56?,57+,58?,59?,60?,61?,63+,64?,65+,66+,67-,68-,69?,70-,71+,72-,73?,74?,75?,76+,77+,78?,79+,80-,81-,82+,83+,84-,85-,87+/m0/s1. The van der Waals surface area contributed by atoms with Gasteiger partial charge in [0.1, 0.15) is 134 Å². The van der Waals surface area contributed by atoms with Crippen LogP contribution in [-0.4, -0.2) is 362 Å². The second kappa shape index (κ2) is 58.9. The molecule has 6 saturated heterocycles. The van der Waals surface area contributed by atoms with Gasteiger partial charge < -0.3 is 170 Å². The van der Waals surface area contributed by atoms with Crippen molar-refractivity contribution in [3.63, 3.8) is 0 Å². The first-order valence-electron chi connectivity index (χ1n) is 46.1. The van der Waals surface area contributed by atoms with E-state index in [2.05, 4.69) is 41.9 Å². The minimum atomic E-state index is -3.22. The highest BCUT2D eigenvalue weighted by Crippen LogP contribution is 2.41. The van der Waals surface area contributed by atoms with E-state index < -0.39 is 266 Å². The first-order valence-corrected chi connectivity index (χ1v) is 46.1. The number of carboxylic acids is 1. The minimum absolute atomic E-state index is 0.134. The highest BCUT2D eigenvalue weighted by Gasteiger charge is 2.61. The molecule has 0 aliphatic carbocycles. The Kier molecular flexibility index (Phi) is 51.8. The van der Waals surface area contributed by atoms with Crippen LogP contribution in [0, 0.1) is 0 Å². The zero-order chi connectivity index (χ0) is 91.7. The molecule has 6 rings (SSSR count). The molecule has 33 atom stereocenters. The molecule has 12 unspecified atom stereocenters. The van der Waals surface area contributed by atoms with Crippen LogP contribution in [0.1, 0.15) is 259 Å². The average molecular weight is 1800 g/mol. The number of aliphatic hydroxyl groups excluding tert-OH is 18. The van der Waals surface area contributed by atoms with Crippen molar-refractivity contribution in [1.82, 2.24) is 16.0 Å². The Balaban J connectivity index is 1.19. The molecular weight excluding hydrogens is 1650 g/mol. The van der Waals surface area contributed by atoms with Crippen molar-refractivity contribution in [2.24, 2.45) is 0 Å². The maximum absolute atomic E-state index is 13.7. The highest BCUT2D eigenvalue weighted by molar-refractivity contribution is 5.77. The van der Waals surface area contributed by atoms with Crippen molar-refractivity contribution in [3.8, 4) is 0 Å². The lowest BCUT2D eigenvalue weighted by Gasteiger charge is -2.52. The molecule has 0 aromatic heterocycles. The van der Waals surface area contributed by atoms with E-state index in [0.717, 1.165) is 78.1 Å². The lowest BCUT2D eigenvalue weighted by atomic mass is 9.88. The van der Waals surface area contributed by atoms with Crippen LogP contribution in [0.2, 0.25) is 0 Å². The third-order valence-corrected chi connectivity index (χ3v) is 24.3. The number of rotatable bonds is 61. The Morgan fingerprint density at radius 2 is 0.864 bits per heavy atom. The fourth-order valence-corrected chi connectivity index (χ4v) is 16.7. The van der Waals surface area contributed by atoms with Gasteiger partial charge in [0.15, 0.2) is 31.5 Å². The van der Waals surface area contributed by atoms with Gasteiger partial charge >= 0.3 is 5.97 Å². The minimum Gasteiger partial charge on any atom is -0.477 e. The summed E-state index contributed by atoms with van der Waals surface area (Å²) in [6.07, 6.45) is -14.8. The Morgan fingerprint density at radius 1 is 0.440 bits per heavy atom. The highest BCUT2D eigenvalue weighted by atomic mass is 16.8. The maximum Gasteiger partial charge on any atom is 0.364 e. The quantitative estimate of drug-likeness (QED) is 0.0294. The zero-order valence-electron chi connectivity index (χ0n) is 73.8. The van der Waals surface area contributed by atoms with Crippen molar-refractivity contribution >= 4 is 23.7 Å². The third-order valence-electron chi connectivity index (χ3n) is 24.3. The molecule has 22 N–H and O–H groups in total. The number of nitrogens with one attached hydrogen (secondary N) is 3. The third kappa shape index (κ3) is 34.9. The van der Waals surface area contributed by atoms with Crippen LogP contribution < -0.4 is 16.0 Å². The SMILES string of the molecule is CCCCCCCC/C=C\CCCCCCCCCCCCCCCC(=O)N[C@@H](CO[C@@H]1OC(CO)[C@@H](O[C@@H]2OC(CO)[C@H](O)[C@H](O[C@@H]3OC(CO[C@]4(C(=O)O)CC(O)[C@@H](NC(C)=O)C([C@H](O)[C@H](O)CO)O4)[C@@H](O[C@H]4OC(C)[C@@H](O)C(O)[C@@H]4O)[C@H](O[C@@H]4OC(CO)[C@H](O)[C@H](O)C4O)C3NC(C)=O)C2O)[C@H](O)C1O)[C@H](O)/C=C/CCCCCCCCCCCCC. The number of carbonyl (C=O) groups excluding carboxylic acids is 3. The predicted octanol–water partition coefficient (Wildman–Crippen LogP) is 0.706. The van der Waals surface area contributed by atoms with Crippen LogP contribution in [0.25, 0.3) is 0 Å². The molecule has 6 aliphatic heterocycles. The van der Waals surface area contributed by atoms with Gasteiger partial charge in [0.25, 0.3) is 5.79 Å². The number of aliphatic carboxylic acids is 1. The average Bonchev–Trinajstić information content (AvgIpc) is 0.737. The van der Waals surface area contributed by atoms with Gasteiger partial charge in [-0.1, -0.05) is 205 Å². The van der Waals surface area contributed by atoms with Gasteiger partial charge in [-0.3, -0.25) is 14.4 Å². The van der Waals surface area contributed by atoms with Gasteiger partial charge in [0.2, 0.25) is 17.7 Å². The Bertz CT molecular complexity index is 3010. The van der Waals surface area contributed by atoms with Crippen molar-refractivity contribution in [1.29, 1.82) is 0 Å². The summed E-state index contributed by atoms with van der Waals surface area (Å²) in [4.78, 5) is 53.5. The number of carboxylic acid groups (broad SMARTS) is 1. The van der Waals surface area contributed by atoms with E-state index in [-0.39, 0.29) is 12.3 Å². The number of allylic oxidation sites excluding steroid dienone is 3. The topological polar surface area (TPSA) is 600 Å². The van der Waals surface area contributed by atoms with Crippen LogP contribution in [0.3, 0.4) is 0 Å². The number of amides is 3. The molecule has 0 bridgehead atoms. The van der Waals surface area contributed by atoms with E-state index in [1.807, 2.05) is 6.08 Å². The van der Waals surface area contributed by atoms with Crippen molar-refractivity contribution in [2.45, 2.75) is 461 Å². The molecule has 0 spiro atoms. The lowest BCUT2D eigenvalue weighted by molar-refractivity contribution is -0.396. The summed E-state index contributed by atoms with van der Waals surface area (Å²) >= 11 is 0. The van der Waals surface area contributed by atoms with Gasteiger partial charge in [-0.25, -0.2) is 4.79 Å². The lowest BCUT2D eigenvalue weighted by Crippen LogP contribution is -2.72. The first-order chi connectivity index (χ1) is 59.9. The van der Waals surface area contributed by atoms with Crippen LogP contribution in [0.5, 0.6) is 0 Å². The maximum atomic E-state index is 13.7. The van der Waals surface area contributed by atoms with Crippen molar-refractivity contribution < 1.29 is 173 Å². The Labute approximate surface area is 734 Å². The molecule has 728 valence electrons. The smallest absolute Gasteiger partial charge is 0.364 e. The number of hydrogen-bond donors (Lipinski definition) is 22. The van der Waals surface area contributed by atoms with Crippen LogP contribution in [0.4, 0.5) is 0 Å². The predicted molar refractivity (Wildman–Crippen MR) is 446 cm³/mol. The Hall–Kier alpha value is -3.84. The van der Waals surface area contributed by atoms with Gasteiger partial charge in [0.05, 0.1) is 70.0 Å². The molecule has 6 heterocycles. The second-order valence-corrected chi connectivity index (χ2v) is 34.6. The van der Waals surface area contributed by atoms with Crippen LogP contribution >= 0.6 is 0 Å². The van der Waals surface area contributed by atoms with E-state index in [4.69, 9.17) is 56.8 Å². The number of aliphatic hydroxyl groups is 18. The second-order valence-electron chi connectivity index (χ2n) is 34.6. The molecule has 125 heavy (non-hydrogen) atoms. The van der Waals surface area contributed by atoms with Gasteiger partial charge in [-0.05, 0) is 51.9 Å².